The fourth-order valence-corrected chi connectivity index (χ4v) is 3.29. The molecule has 0 amide bonds. The molecule has 0 spiro atoms. The lowest BCUT2D eigenvalue weighted by atomic mass is 10.1. The molecule has 0 N–H and O–H groups in total. The van der Waals surface area contributed by atoms with E-state index < -0.39 is 0 Å². The lowest BCUT2D eigenvalue weighted by molar-refractivity contribution is 1.42. The minimum absolute atomic E-state index is 1.15. The molecule has 1 aliphatic rings. The molecule has 1 aliphatic heterocycles. The quantitative estimate of drug-likeness (QED) is 0.651. The van der Waals surface area contributed by atoms with E-state index in [1.807, 2.05) is 11.8 Å². The molecule has 0 aromatic heterocycles. The molecule has 0 radical (unpaired) electrons. The summed E-state index contributed by atoms with van der Waals surface area (Å²) in [7, 11) is 0. The van der Waals surface area contributed by atoms with Crippen molar-refractivity contribution in [2.75, 3.05) is 5.75 Å². The molecule has 0 unspecified atom stereocenters. The van der Waals surface area contributed by atoms with Gasteiger partial charge in [0.15, 0.2) is 0 Å². The fraction of sp³-hybridized carbons (Fsp3) is 0.200. The first-order valence-corrected chi connectivity index (χ1v) is 5.93. The Morgan fingerprint density at radius 2 is 2.17 bits per heavy atom. The van der Waals surface area contributed by atoms with E-state index in [0.717, 1.165) is 5.75 Å². The lowest BCUT2D eigenvalue weighted by Gasteiger charge is -1.99. The van der Waals surface area contributed by atoms with Crippen molar-refractivity contribution in [2.45, 2.75) is 11.8 Å². The second-order valence-electron chi connectivity index (χ2n) is 2.80. The van der Waals surface area contributed by atoms with Crippen molar-refractivity contribution in [2.24, 2.45) is 0 Å². The molecule has 2 rings (SSSR count). The first kappa shape index (κ1) is 8.63. The highest BCUT2D eigenvalue weighted by molar-refractivity contribution is 14.1. The highest BCUT2D eigenvalue weighted by atomic mass is 127. The predicted molar refractivity (Wildman–Crippen MR) is 63.8 cm³/mol. The van der Waals surface area contributed by atoms with Crippen LogP contribution >= 0.6 is 34.4 Å². The van der Waals surface area contributed by atoms with Gasteiger partial charge in [0.2, 0.25) is 0 Å². The van der Waals surface area contributed by atoms with Crippen molar-refractivity contribution in [3.63, 3.8) is 0 Å². The molecular formula is C10H9IS. The van der Waals surface area contributed by atoms with Gasteiger partial charge in [-0.05, 0) is 50.3 Å². The van der Waals surface area contributed by atoms with Crippen molar-refractivity contribution < 1.29 is 0 Å². The molecular weight excluding hydrogens is 279 g/mol. The second-order valence-corrected chi connectivity index (χ2v) is 5.43. The molecule has 0 saturated heterocycles. The molecule has 0 aliphatic carbocycles. The number of hydrogen-bond acceptors (Lipinski definition) is 1. The third kappa shape index (κ3) is 1.42. The van der Waals surface area contributed by atoms with Crippen molar-refractivity contribution in [1.29, 1.82) is 0 Å². The topological polar surface area (TPSA) is 0 Å². The van der Waals surface area contributed by atoms with Gasteiger partial charge in [0.25, 0.3) is 0 Å². The third-order valence-electron chi connectivity index (χ3n) is 2.00. The monoisotopic (exact) mass is 288 g/mol. The van der Waals surface area contributed by atoms with Gasteiger partial charge in [-0.15, -0.1) is 11.8 Å². The summed E-state index contributed by atoms with van der Waals surface area (Å²) in [4.78, 5) is 1.43. The average Bonchev–Trinajstić information content (AvgIpc) is 2.47. The van der Waals surface area contributed by atoms with Crippen LogP contribution in [0.25, 0.3) is 5.57 Å². The van der Waals surface area contributed by atoms with Crippen LogP contribution in [0.5, 0.6) is 0 Å². The zero-order chi connectivity index (χ0) is 8.55. The third-order valence-corrected chi connectivity index (χ3v) is 3.75. The highest BCUT2D eigenvalue weighted by Gasteiger charge is 2.16. The van der Waals surface area contributed by atoms with E-state index >= 15 is 0 Å². The van der Waals surface area contributed by atoms with E-state index in [2.05, 4.69) is 53.8 Å². The summed E-state index contributed by atoms with van der Waals surface area (Å²) in [6, 6.07) is 8.64. The summed E-state index contributed by atoms with van der Waals surface area (Å²) in [5.41, 5.74) is 2.95. The molecule has 0 nitrogen and oxygen atoms in total. The average molecular weight is 288 g/mol. The van der Waals surface area contributed by atoms with Crippen LogP contribution in [0.2, 0.25) is 0 Å². The summed E-state index contributed by atoms with van der Waals surface area (Å²) in [6.07, 6.45) is 0. The number of fused-ring (bicyclic) bond motifs is 1. The highest BCUT2D eigenvalue weighted by Crippen LogP contribution is 2.41. The van der Waals surface area contributed by atoms with Crippen LogP contribution in [-0.2, 0) is 0 Å². The van der Waals surface area contributed by atoms with Gasteiger partial charge in [-0.1, -0.05) is 18.2 Å². The molecule has 12 heavy (non-hydrogen) atoms. The van der Waals surface area contributed by atoms with Crippen molar-refractivity contribution in [1.82, 2.24) is 0 Å². The summed E-state index contributed by atoms with van der Waals surface area (Å²) >= 11 is 4.35. The van der Waals surface area contributed by atoms with Gasteiger partial charge in [-0.25, -0.2) is 0 Å². The van der Waals surface area contributed by atoms with E-state index in [4.69, 9.17) is 0 Å². The van der Waals surface area contributed by atoms with Gasteiger partial charge < -0.3 is 0 Å². The normalized spacial score (nSPS) is 19.2. The largest absolute Gasteiger partial charge is 0.121 e. The zero-order valence-electron chi connectivity index (χ0n) is 6.80. The van der Waals surface area contributed by atoms with E-state index in [1.54, 1.807) is 0 Å². The van der Waals surface area contributed by atoms with Crippen molar-refractivity contribution >= 4 is 39.9 Å². The lowest BCUT2D eigenvalue weighted by Crippen LogP contribution is -1.80. The number of rotatable bonds is 0. The Bertz CT molecular complexity index is 337. The second kappa shape index (κ2) is 3.42. The number of allylic oxidation sites excluding steroid dienone is 1. The maximum atomic E-state index is 2.41. The van der Waals surface area contributed by atoms with E-state index in [9.17, 15) is 0 Å². The number of halogens is 1. The Kier molecular flexibility index (Phi) is 2.46. The molecule has 0 saturated carbocycles. The first-order chi connectivity index (χ1) is 5.79. The first-order valence-electron chi connectivity index (χ1n) is 3.86. The van der Waals surface area contributed by atoms with Crippen LogP contribution in [-0.4, -0.2) is 5.75 Å². The number of benzene rings is 1. The van der Waals surface area contributed by atoms with Crippen LogP contribution in [0.4, 0.5) is 0 Å². The maximum Gasteiger partial charge on any atom is 0.0245 e. The van der Waals surface area contributed by atoms with Crippen LogP contribution in [0.15, 0.2) is 32.7 Å². The minimum Gasteiger partial charge on any atom is -0.121 e. The van der Waals surface area contributed by atoms with Crippen molar-refractivity contribution in [3.05, 3.63) is 33.4 Å². The molecule has 1 aromatic rings. The number of hydrogen-bond donors (Lipinski definition) is 0. The molecule has 0 atom stereocenters. The zero-order valence-corrected chi connectivity index (χ0v) is 9.78. The minimum atomic E-state index is 1.15. The van der Waals surface area contributed by atoms with Crippen LogP contribution in [0.3, 0.4) is 0 Å². The van der Waals surface area contributed by atoms with Gasteiger partial charge in [-0.2, -0.15) is 0 Å². The van der Waals surface area contributed by atoms with Crippen LogP contribution in [0, 0.1) is 0 Å². The van der Waals surface area contributed by atoms with Crippen molar-refractivity contribution in [3.8, 4) is 0 Å². The van der Waals surface area contributed by atoms with Crippen LogP contribution in [0.1, 0.15) is 12.5 Å². The molecule has 0 bridgehead atoms. The maximum absolute atomic E-state index is 2.41. The summed E-state index contributed by atoms with van der Waals surface area (Å²) in [5.74, 6) is 1.15. The Balaban J connectivity index is 2.57. The Hall–Kier alpha value is 0.0400. The van der Waals surface area contributed by atoms with Gasteiger partial charge >= 0.3 is 0 Å². The Morgan fingerprint density at radius 3 is 2.92 bits per heavy atom. The summed E-state index contributed by atoms with van der Waals surface area (Å²) in [5, 5.41) is 0. The summed E-state index contributed by atoms with van der Waals surface area (Å²) in [6.45, 7) is 2.18. The molecule has 62 valence electrons. The smallest absolute Gasteiger partial charge is 0.0245 e. The molecule has 1 aromatic carbocycles. The van der Waals surface area contributed by atoms with Crippen LogP contribution < -0.4 is 0 Å². The SMILES string of the molecule is C/C(I)=C1\CSc2ccccc21. The molecule has 2 heteroatoms. The van der Waals surface area contributed by atoms with Gasteiger partial charge in [0.1, 0.15) is 0 Å². The molecule has 1 heterocycles. The van der Waals surface area contributed by atoms with Gasteiger partial charge in [0.05, 0.1) is 0 Å². The summed E-state index contributed by atoms with van der Waals surface area (Å²) < 4.78 is 1.42. The van der Waals surface area contributed by atoms with Gasteiger partial charge in [0, 0.05) is 10.6 Å². The van der Waals surface area contributed by atoms with Gasteiger partial charge in [-0.3, -0.25) is 0 Å². The Morgan fingerprint density at radius 1 is 1.42 bits per heavy atom. The predicted octanol–water partition coefficient (Wildman–Crippen LogP) is 3.96. The molecule has 0 fully saturated rings. The number of thioether (sulfide) groups is 1. The Labute approximate surface area is 90.6 Å². The fourth-order valence-electron chi connectivity index (χ4n) is 1.35. The van der Waals surface area contributed by atoms with E-state index in [-0.39, 0.29) is 0 Å². The standard InChI is InChI=1S/C10H9IS/c1-7(11)9-6-12-10-5-3-2-4-8(9)10/h2-5H,6H2,1H3/b9-7-. The van der Waals surface area contributed by atoms with E-state index in [0.29, 0.717) is 0 Å². The van der Waals surface area contributed by atoms with E-state index in [1.165, 1.54) is 19.6 Å².